The molecule has 57 heavy (non-hydrogen) atoms. The molecule has 1 heteroatoms. The summed E-state index contributed by atoms with van der Waals surface area (Å²) in [5, 5.41) is 0. The fraction of sp³-hybridized carbons (Fsp3) is 1.00. The fourth-order valence-electron chi connectivity index (χ4n) is 14.3. The Labute approximate surface area is 371 Å². The first-order valence-corrected chi connectivity index (χ1v) is 27.9. The van der Waals surface area contributed by atoms with Crippen molar-refractivity contribution in [2.45, 2.75) is 308 Å². The van der Waals surface area contributed by atoms with Gasteiger partial charge in [-0.25, -0.2) is 0 Å². The zero-order valence-corrected chi connectivity index (χ0v) is 40.2. The summed E-state index contributed by atoms with van der Waals surface area (Å²) in [6.07, 6.45) is 73.7. The molecule has 334 valence electrons. The SMILES string of the molecule is C1CCCC(C2CCCCCC2)CC1.C1CCCC(C2CCCCCC2)CC1.C1CCCC(C2CCCCCC2)CC1.C1CCCC(C2CCCCCC2)CC1.[Cr]. The van der Waals surface area contributed by atoms with Gasteiger partial charge in [-0.2, -0.15) is 0 Å². The first kappa shape index (κ1) is 50.2. The van der Waals surface area contributed by atoms with Crippen molar-refractivity contribution in [3.8, 4) is 0 Å². The standard InChI is InChI=1S/4C14H26.Cr/c4*1-2-6-10-13(9-5-1)14-11-7-3-4-8-12-14;/h4*13-14H,1-12H2;. The van der Waals surface area contributed by atoms with Gasteiger partial charge in [0.25, 0.3) is 0 Å². The van der Waals surface area contributed by atoms with Gasteiger partial charge in [0.05, 0.1) is 0 Å². The van der Waals surface area contributed by atoms with Crippen LogP contribution in [0, 0.1) is 47.3 Å². The van der Waals surface area contributed by atoms with Crippen molar-refractivity contribution in [2.24, 2.45) is 47.3 Å². The summed E-state index contributed by atoms with van der Waals surface area (Å²) in [6, 6.07) is 0. The summed E-state index contributed by atoms with van der Waals surface area (Å²) in [5.74, 6) is 8.97. The first-order valence-electron chi connectivity index (χ1n) is 27.9. The van der Waals surface area contributed by atoms with Crippen LogP contribution in [0.2, 0.25) is 0 Å². The van der Waals surface area contributed by atoms with E-state index in [0.717, 1.165) is 47.3 Å². The van der Waals surface area contributed by atoms with Gasteiger partial charge in [-0.05, 0) is 47.3 Å². The van der Waals surface area contributed by atoms with Crippen molar-refractivity contribution in [3.05, 3.63) is 0 Å². The van der Waals surface area contributed by atoms with Gasteiger partial charge in [-0.15, -0.1) is 0 Å². The van der Waals surface area contributed by atoms with Crippen LogP contribution < -0.4 is 0 Å². The second kappa shape index (κ2) is 33.1. The van der Waals surface area contributed by atoms with Gasteiger partial charge in [0.1, 0.15) is 0 Å². The Balaban J connectivity index is 0.000000167. The van der Waals surface area contributed by atoms with Crippen molar-refractivity contribution in [1.29, 1.82) is 0 Å². The number of hydrogen-bond acceptors (Lipinski definition) is 0. The van der Waals surface area contributed by atoms with E-state index < -0.39 is 0 Å². The molecule has 0 saturated heterocycles. The van der Waals surface area contributed by atoms with Gasteiger partial charge in [0, 0.05) is 17.4 Å². The molecule has 0 unspecified atom stereocenters. The molecule has 8 aliphatic carbocycles. The molecule has 0 nitrogen and oxygen atoms in total. The van der Waals surface area contributed by atoms with Gasteiger partial charge in [0.2, 0.25) is 0 Å². The van der Waals surface area contributed by atoms with E-state index in [9.17, 15) is 0 Å². The predicted molar refractivity (Wildman–Crippen MR) is 250 cm³/mol. The molecule has 0 heterocycles. The number of rotatable bonds is 4. The van der Waals surface area contributed by atoms with E-state index in [1.165, 1.54) is 205 Å². The van der Waals surface area contributed by atoms with E-state index in [1.54, 1.807) is 103 Å². The third kappa shape index (κ3) is 21.4. The van der Waals surface area contributed by atoms with Crippen molar-refractivity contribution < 1.29 is 17.4 Å². The van der Waals surface area contributed by atoms with Crippen LogP contribution in [0.5, 0.6) is 0 Å². The van der Waals surface area contributed by atoms with Gasteiger partial charge in [-0.3, -0.25) is 0 Å². The Morgan fingerprint density at radius 2 is 0.175 bits per heavy atom. The molecule has 0 radical (unpaired) electrons. The van der Waals surface area contributed by atoms with Crippen LogP contribution in [0.3, 0.4) is 0 Å². The zero-order valence-electron chi connectivity index (χ0n) is 39.0. The molecular formula is C56H104Cr. The first-order chi connectivity index (χ1) is 27.9. The molecule has 8 aliphatic rings. The largest absolute Gasteiger partial charge is 0.0533 e. The van der Waals surface area contributed by atoms with E-state index in [2.05, 4.69) is 0 Å². The molecule has 0 aromatic heterocycles. The van der Waals surface area contributed by atoms with Gasteiger partial charge < -0.3 is 0 Å². The van der Waals surface area contributed by atoms with Crippen molar-refractivity contribution in [2.75, 3.05) is 0 Å². The molecule has 0 bridgehead atoms. The molecule has 0 spiro atoms. The molecule has 0 aromatic rings. The third-order valence-electron chi connectivity index (χ3n) is 17.9. The summed E-state index contributed by atoms with van der Waals surface area (Å²) >= 11 is 0. The van der Waals surface area contributed by atoms with Gasteiger partial charge in [0.15, 0.2) is 0 Å². The van der Waals surface area contributed by atoms with Crippen molar-refractivity contribution >= 4 is 0 Å². The van der Waals surface area contributed by atoms with Crippen LogP contribution in [0.25, 0.3) is 0 Å². The Morgan fingerprint density at radius 1 is 0.105 bits per heavy atom. The Kier molecular flexibility index (Phi) is 29.2. The van der Waals surface area contributed by atoms with E-state index in [1.807, 2.05) is 0 Å². The molecular weight excluding hydrogens is 725 g/mol. The maximum Gasteiger partial charge on any atom is 0 e. The molecule has 8 fully saturated rings. The Hall–Kier alpha value is 0.532. The minimum Gasteiger partial charge on any atom is -0.0533 e. The maximum absolute atomic E-state index is 1.56. The normalized spacial score (nSPS) is 27.8. The van der Waals surface area contributed by atoms with Gasteiger partial charge in [-0.1, -0.05) is 308 Å². The quantitative estimate of drug-likeness (QED) is 0.248. The zero-order chi connectivity index (χ0) is 38.6. The smallest absolute Gasteiger partial charge is 0 e. The Bertz CT molecular complexity index is 616. The second-order valence-electron chi connectivity index (χ2n) is 22.0. The van der Waals surface area contributed by atoms with Crippen LogP contribution in [-0.2, 0) is 17.4 Å². The second-order valence-corrected chi connectivity index (χ2v) is 22.0. The van der Waals surface area contributed by atoms with E-state index in [4.69, 9.17) is 0 Å². The molecule has 0 N–H and O–H groups in total. The summed E-state index contributed by atoms with van der Waals surface area (Å²) < 4.78 is 0. The molecule has 0 aliphatic heterocycles. The van der Waals surface area contributed by atoms with Crippen molar-refractivity contribution in [3.63, 3.8) is 0 Å². The van der Waals surface area contributed by atoms with E-state index >= 15 is 0 Å². The Morgan fingerprint density at radius 3 is 0.246 bits per heavy atom. The van der Waals surface area contributed by atoms with Gasteiger partial charge >= 0.3 is 0 Å². The number of hydrogen-bond donors (Lipinski definition) is 0. The molecule has 0 amide bonds. The fourth-order valence-corrected chi connectivity index (χ4v) is 14.3. The topological polar surface area (TPSA) is 0 Å². The molecule has 8 rings (SSSR count). The van der Waals surface area contributed by atoms with Crippen LogP contribution in [0.4, 0.5) is 0 Å². The monoisotopic (exact) mass is 829 g/mol. The molecule has 8 saturated carbocycles. The van der Waals surface area contributed by atoms with E-state index in [-0.39, 0.29) is 17.4 Å². The third-order valence-corrected chi connectivity index (χ3v) is 17.9. The summed E-state index contributed by atoms with van der Waals surface area (Å²) in [5.41, 5.74) is 0. The van der Waals surface area contributed by atoms with Crippen molar-refractivity contribution in [1.82, 2.24) is 0 Å². The minimum absolute atomic E-state index is 0. The molecule has 0 atom stereocenters. The summed E-state index contributed by atoms with van der Waals surface area (Å²) in [6.45, 7) is 0. The average molecular weight is 829 g/mol. The summed E-state index contributed by atoms with van der Waals surface area (Å²) in [7, 11) is 0. The average Bonchev–Trinajstić information content (AvgIpc) is 4.01. The predicted octanol–water partition coefficient (Wildman–Crippen LogP) is 19.7. The minimum atomic E-state index is 0. The maximum atomic E-state index is 1.56. The van der Waals surface area contributed by atoms with E-state index in [0.29, 0.717) is 0 Å². The van der Waals surface area contributed by atoms with Crippen LogP contribution in [-0.4, -0.2) is 0 Å². The summed E-state index contributed by atoms with van der Waals surface area (Å²) in [4.78, 5) is 0. The molecule has 0 aromatic carbocycles. The van der Waals surface area contributed by atoms with Crippen LogP contribution >= 0.6 is 0 Å². The van der Waals surface area contributed by atoms with Crippen LogP contribution in [0.15, 0.2) is 0 Å². The van der Waals surface area contributed by atoms with Crippen LogP contribution in [0.1, 0.15) is 308 Å².